The molecule has 0 aliphatic carbocycles. The summed E-state index contributed by atoms with van der Waals surface area (Å²) >= 11 is 23.7. The van der Waals surface area contributed by atoms with Crippen molar-refractivity contribution in [3.05, 3.63) is 63.1 Å². The molecule has 0 unspecified atom stereocenters. The van der Waals surface area contributed by atoms with Crippen LogP contribution >= 0.6 is 47.0 Å². The maximum Gasteiger partial charge on any atom is 0.173 e. The molecule has 25 heavy (non-hydrogen) atoms. The van der Waals surface area contributed by atoms with Gasteiger partial charge in [0.25, 0.3) is 0 Å². The van der Waals surface area contributed by atoms with E-state index in [-0.39, 0.29) is 0 Å². The number of thiocarbonyl (C=S) groups is 1. The summed E-state index contributed by atoms with van der Waals surface area (Å²) in [6.45, 7) is 4.57. The Hall–Kier alpha value is -1.04. The van der Waals surface area contributed by atoms with E-state index in [1.807, 2.05) is 24.3 Å². The zero-order chi connectivity index (χ0) is 17.8. The van der Waals surface area contributed by atoms with Gasteiger partial charge in [0.05, 0.1) is 15.7 Å². The number of nitrogens with one attached hydrogen (secondary N) is 1. The molecule has 0 spiro atoms. The Balaban J connectivity index is 1.52. The van der Waals surface area contributed by atoms with Gasteiger partial charge in [0.1, 0.15) is 0 Å². The lowest BCUT2D eigenvalue weighted by molar-refractivity contribution is 0.177. The number of rotatable bonds is 3. The van der Waals surface area contributed by atoms with Gasteiger partial charge in [-0.05, 0) is 42.0 Å². The van der Waals surface area contributed by atoms with E-state index in [9.17, 15) is 0 Å². The average Bonchev–Trinajstić information content (AvgIpc) is 2.61. The van der Waals surface area contributed by atoms with Crippen LogP contribution in [0.5, 0.6) is 0 Å². The minimum atomic E-state index is 0.493. The molecule has 2 aromatic rings. The van der Waals surface area contributed by atoms with Crippen LogP contribution in [0.1, 0.15) is 5.56 Å². The zero-order valence-corrected chi connectivity index (χ0v) is 16.6. The van der Waals surface area contributed by atoms with Crippen LogP contribution in [0.15, 0.2) is 42.5 Å². The molecule has 0 amide bonds. The van der Waals surface area contributed by atoms with Crippen LogP contribution in [-0.2, 0) is 6.54 Å². The second-order valence-electron chi connectivity index (χ2n) is 5.92. The predicted molar refractivity (Wildman–Crippen MR) is 111 cm³/mol. The number of hydrogen-bond donors (Lipinski definition) is 1. The Labute approximate surface area is 168 Å². The zero-order valence-electron chi connectivity index (χ0n) is 13.5. The fraction of sp³-hybridized carbons (Fsp3) is 0.278. The minimum Gasteiger partial charge on any atom is -0.346 e. The van der Waals surface area contributed by atoms with E-state index in [0.29, 0.717) is 15.2 Å². The van der Waals surface area contributed by atoms with Gasteiger partial charge in [-0.25, -0.2) is 0 Å². The van der Waals surface area contributed by atoms with Gasteiger partial charge in [0.15, 0.2) is 5.11 Å². The Morgan fingerprint density at radius 2 is 1.64 bits per heavy atom. The number of halogens is 3. The fourth-order valence-corrected chi connectivity index (χ4v) is 3.52. The van der Waals surface area contributed by atoms with E-state index < -0.39 is 0 Å². The van der Waals surface area contributed by atoms with Gasteiger partial charge in [-0.1, -0.05) is 53.0 Å². The largest absolute Gasteiger partial charge is 0.346 e. The van der Waals surface area contributed by atoms with Crippen molar-refractivity contribution >= 4 is 57.8 Å². The van der Waals surface area contributed by atoms with Crippen LogP contribution in [-0.4, -0.2) is 41.1 Å². The molecule has 7 heteroatoms. The van der Waals surface area contributed by atoms with Crippen LogP contribution < -0.4 is 5.32 Å². The Bertz CT molecular complexity index is 744. The molecule has 0 saturated carbocycles. The predicted octanol–water partition coefficient (Wildman–Crippen LogP) is 5.16. The molecule has 1 heterocycles. The van der Waals surface area contributed by atoms with Gasteiger partial charge in [-0.15, -0.1) is 0 Å². The monoisotopic (exact) mass is 413 g/mol. The highest BCUT2D eigenvalue weighted by Gasteiger charge is 2.19. The molecule has 1 aliphatic rings. The number of hydrogen-bond acceptors (Lipinski definition) is 2. The average molecular weight is 415 g/mol. The lowest BCUT2D eigenvalue weighted by Crippen LogP contribution is -2.49. The van der Waals surface area contributed by atoms with Gasteiger partial charge in [-0.3, -0.25) is 4.90 Å². The third-order valence-electron chi connectivity index (χ3n) is 4.17. The van der Waals surface area contributed by atoms with Crippen molar-refractivity contribution in [1.82, 2.24) is 9.80 Å². The standard InChI is InChI=1S/C18H18Cl3N3S/c19-14-6-4-13(5-7-14)12-23-8-10-24(11-9-23)18(25)22-16-3-1-2-15(20)17(16)21/h1-7H,8-12H2,(H,22,25). The molecule has 0 bridgehead atoms. The summed E-state index contributed by atoms with van der Waals surface area (Å²) in [6.07, 6.45) is 0. The molecule has 132 valence electrons. The van der Waals surface area contributed by atoms with Gasteiger partial charge < -0.3 is 10.2 Å². The second-order valence-corrected chi connectivity index (χ2v) is 7.53. The fourth-order valence-electron chi connectivity index (χ4n) is 2.75. The van der Waals surface area contributed by atoms with Crippen LogP contribution in [0.25, 0.3) is 0 Å². The first-order chi connectivity index (χ1) is 12.0. The van der Waals surface area contributed by atoms with Gasteiger partial charge in [0, 0.05) is 37.7 Å². The third kappa shape index (κ3) is 4.99. The maximum absolute atomic E-state index is 6.21. The molecule has 1 fully saturated rings. The molecule has 3 nitrogen and oxygen atoms in total. The molecular formula is C18H18Cl3N3S. The van der Waals surface area contributed by atoms with Crippen LogP contribution in [0.4, 0.5) is 5.69 Å². The molecule has 0 aromatic heterocycles. The van der Waals surface area contributed by atoms with Crippen molar-refractivity contribution in [3.8, 4) is 0 Å². The van der Waals surface area contributed by atoms with Crippen molar-refractivity contribution < 1.29 is 0 Å². The molecule has 0 atom stereocenters. The SMILES string of the molecule is S=C(Nc1cccc(Cl)c1Cl)N1CCN(Cc2ccc(Cl)cc2)CC1. The lowest BCUT2D eigenvalue weighted by Gasteiger charge is -2.36. The summed E-state index contributed by atoms with van der Waals surface area (Å²) < 4.78 is 0. The summed E-state index contributed by atoms with van der Waals surface area (Å²) in [5, 5.41) is 5.65. The van der Waals surface area contributed by atoms with E-state index in [4.69, 9.17) is 47.0 Å². The summed E-state index contributed by atoms with van der Waals surface area (Å²) in [7, 11) is 0. The van der Waals surface area contributed by atoms with Crippen molar-refractivity contribution in [2.75, 3.05) is 31.5 Å². The summed E-state index contributed by atoms with van der Waals surface area (Å²) in [5.74, 6) is 0. The number of piperazine rings is 1. The van der Waals surface area contributed by atoms with Gasteiger partial charge in [-0.2, -0.15) is 0 Å². The van der Waals surface area contributed by atoms with E-state index in [0.717, 1.165) is 43.4 Å². The normalized spacial score (nSPS) is 15.2. The minimum absolute atomic E-state index is 0.493. The van der Waals surface area contributed by atoms with E-state index >= 15 is 0 Å². The molecule has 1 N–H and O–H groups in total. The first-order valence-electron chi connectivity index (χ1n) is 7.99. The van der Waals surface area contributed by atoms with E-state index in [2.05, 4.69) is 27.2 Å². The van der Waals surface area contributed by atoms with Crippen LogP contribution in [0.2, 0.25) is 15.1 Å². The molecule has 3 rings (SSSR count). The van der Waals surface area contributed by atoms with Crippen LogP contribution in [0.3, 0.4) is 0 Å². The third-order valence-corrected chi connectivity index (χ3v) is 5.60. The molecular weight excluding hydrogens is 397 g/mol. The highest BCUT2D eigenvalue weighted by Crippen LogP contribution is 2.29. The van der Waals surface area contributed by atoms with Gasteiger partial charge in [0.2, 0.25) is 0 Å². The summed E-state index contributed by atoms with van der Waals surface area (Å²) in [5.41, 5.74) is 2.01. The first kappa shape index (κ1) is 18.7. The highest BCUT2D eigenvalue weighted by molar-refractivity contribution is 7.80. The highest BCUT2D eigenvalue weighted by atomic mass is 35.5. The van der Waals surface area contributed by atoms with Crippen molar-refractivity contribution in [3.63, 3.8) is 0 Å². The Morgan fingerprint density at radius 3 is 2.32 bits per heavy atom. The van der Waals surface area contributed by atoms with Crippen molar-refractivity contribution in [1.29, 1.82) is 0 Å². The lowest BCUT2D eigenvalue weighted by atomic mass is 10.2. The first-order valence-corrected chi connectivity index (χ1v) is 9.54. The van der Waals surface area contributed by atoms with Gasteiger partial charge >= 0.3 is 0 Å². The number of nitrogens with zero attached hydrogens (tertiary/aromatic N) is 2. The quantitative estimate of drug-likeness (QED) is 0.699. The molecule has 1 aliphatic heterocycles. The van der Waals surface area contributed by atoms with Crippen LogP contribution in [0, 0.1) is 0 Å². The molecule has 0 radical (unpaired) electrons. The maximum atomic E-state index is 6.21. The number of anilines is 1. The summed E-state index contributed by atoms with van der Waals surface area (Å²) in [6, 6.07) is 13.5. The van der Waals surface area contributed by atoms with Crippen molar-refractivity contribution in [2.24, 2.45) is 0 Å². The van der Waals surface area contributed by atoms with E-state index in [1.165, 1.54) is 5.56 Å². The topological polar surface area (TPSA) is 18.5 Å². The molecule has 2 aromatic carbocycles. The Morgan fingerprint density at radius 1 is 0.960 bits per heavy atom. The Kier molecular flexibility index (Phi) is 6.42. The van der Waals surface area contributed by atoms with E-state index in [1.54, 1.807) is 6.07 Å². The second kappa shape index (κ2) is 8.56. The summed E-state index contributed by atoms with van der Waals surface area (Å²) in [4.78, 5) is 4.57. The smallest absolute Gasteiger partial charge is 0.173 e. The van der Waals surface area contributed by atoms with Crippen molar-refractivity contribution in [2.45, 2.75) is 6.54 Å². The number of benzene rings is 2. The molecule has 1 saturated heterocycles.